The molecule has 2 aromatic heterocycles. The molecular weight excluding hydrogens is 452 g/mol. The predicted molar refractivity (Wildman–Crippen MR) is 133 cm³/mol. The molecule has 0 spiro atoms. The van der Waals surface area contributed by atoms with Crippen molar-refractivity contribution in [3.63, 3.8) is 0 Å². The van der Waals surface area contributed by atoms with E-state index in [1.165, 1.54) is 0 Å². The van der Waals surface area contributed by atoms with Gasteiger partial charge >= 0.3 is 0 Å². The molecule has 0 radical (unpaired) electrons. The Hall–Kier alpha value is -3.83. The number of benzene rings is 1. The third kappa shape index (κ3) is 8.26. The molecule has 1 aromatic carbocycles. The average molecular weight is 479 g/mol. The van der Waals surface area contributed by atoms with Gasteiger partial charge in [0.2, 0.25) is 11.9 Å². The fraction of sp³-hybridized carbons (Fsp3) is 0.280. The van der Waals surface area contributed by atoms with Crippen LogP contribution in [0, 0.1) is 11.5 Å². The first-order valence-electron chi connectivity index (χ1n) is 11.1. The summed E-state index contributed by atoms with van der Waals surface area (Å²) in [6.45, 7) is 0.951. The van der Waals surface area contributed by atoms with E-state index < -0.39 is 0 Å². The molecule has 34 heavy (non-hydrogen) atoms. The number of pyridine rings is 1. The van der Waals surface area contributed by atoms with Crippen molar-refractivity contribution in [2.75, 3.05) is 16.8 Å². The highest BCUT2D eigenvalue weighted by molar-refractivity contribution is 6.30. The molecule has 2 heterocycles. The maximum atomic E-state index is 13.0. The first kappa shape index (κ1) is 24.8. The van der Waals surface area contributed by atoms with E-state index in [1.54, 1.807) is 47.8 Å². The number of nitriles is 1. The van der Waals surface area contributed by atoms with E-state index in [1.807, 2.05) is 30.5 Å². The van der Waals surface area contributed by atoms with E-state index in [4.69, 9.17) is 21.3 Å². The molecule has 0 aliphatic carbocycles. The maximum absolute atomic E-state index is 13.0. The van der Waals surface area contributed by atoms with Gasteiger partial charge < -0.3 is 14.6 Å². The number of anilines is 2. The highest BCUT2D eigenvalue weighted by atomic mass is 35.5. The molecule has 8 nitrogen and oxygen atoms in total. The normalized spacial score (nSPS) is 11.0. The zero-order valence-electron chi connectivity index (χ0n) is 18.8. The fourth-order valence-electron chi connectivity index (χ4n) is 3.31. The lowest BCUT2D eigenvalue weighted by Crippen LogP contribution is -2.30. The number of nitrogens with one attached hydrogen (secondary N) is 2. The summed E-state index contributed by atoms with van der Waals surface area (Å²) >= 11 is 6.00. The van der Waals surface area contributed by atoms with Crippen molar-refractivity contribution in [2.45, 2.75) is 38.6 Å². The van der Waals surface area contributed by atoms with Crippen LogP contribution in [0.5, 0.6) is 0 Å². The second kappa shape index (κ2) is 13.7. The minimum Gasteiger partial charge on any atom is -0.467 e. The number of rotatable bonds is 11. The van der Waals surface area contributed by atoms with Crippen molar-refractivity contribution < 1.29 is 9.21 Å². The summed E-state index contributed by atoms with van der Waals surface area (Å²) in [6, 6.07) is 14.5. The van der Waals surface area contributed by atoms with Gasteiger partial charge in [-0.3, -0.25) is 20.1 Å². The standard InChI is InChI=1S/C25H27ClN6O2/c26-20-8-10-22(11-9-20)32(18-23-6-5-17-34-23)24(33)7-3-1-2-4-14-29-25(30-19-27)31-21-12-15-28-16-13-21/h5-6,8-13,15-17H,1-4,7,14,18H2,(H2,28,29,30,31). The lowest BCUT2D eigenvalue weighted by Gasteiger charge is -2.22. The number of halogens is 1. The van der Waals surface area contributed by atoms with Crippen LogP contribution in [0.1, 0.15) is 37.9 Å². The number of furan rings is 1. The molecule has 0 atom stereocenters. The van der Waals surface area contributed by atoms with Gasteiger partial charge in [-0.2, -0.15) is 5.26 Å². The molecule has 0 fully saturated rings. The zero-order chi connectivity index (χ0) is 24.0. The number of carbonyl (C=O) groups is 1. The minimum atomic E-state index is 0.0406. The first-order valence-corrected chi connectivity index (χ1v) is 11.5. The Balaban J connectivity index is 1.43. The summed E-state index contributed by atoms with van der Waals surface area (Å²) < 4.78 is 5.44. The summed E-state index contributed by atoms with van der Waals surface area (Å²) in [5.74, 6) is 1.17. The number of amides is 1. The Morgan fingerprint density at radius 2 is 1.85 bits per heavy atom. The van der Waals surface area contributed by atoms with Crippen LogP contribution in [0.4, 0.5) is 11.4 Å². The van der Waals surface area contributed by atoms with E-state index >= 15 is 0 Å². The second-order valence-corrected chi connectivity index (χ2v) is 7.96. The molecular formula is C25H27ClN6O2. The number of nitrogens with zero attached hydrogens (tertiary/aromatic N) is 4. The van der Waals surface area contributed by atoms with E-state index in [2.05, 4.69) is 20.6 Å². The first-order chi connectivity index (χ1) is 16.7. The molecule has 176 valence electrons. The molecule has 0 aliphatic rings. The summed E-state index contributed by atoms with van der Waals surface area (Å²) in [5, 5.41) is 15.2. The smallest absolute Gasteiger partial charge is 0.227 e. The van der Waals surface area contributed by atoms with Crippen LogP contribution in [0.15, 0.2) is 76.6 Å². The molecule has 0 aliphatic heterocycles. The third-order valence-corrected chi connectivity index (χ3v) is 5.27. The summed E-state index contributed by atoms with van der Waals surface area (Å²) in [4.78, 5) is 23.1. The number of carbonyl (C=O) groups excluding carboxylic acids is 1. The average Bonchev–Trinajstić information content (AvgIpc) is 3.36. The van der Waals surface area contributed by atoms with Crippen molar-refractivity contribution in [1.29, 1.82) is 5.26 Å². The quantitative estimate of drug-likeness (QED) is 0.126. The Kier molecular flexibility index (Phi) is 9.96. The van der Waals surface area contributed by atoms with Gasteiger partial charge in [0.05, 0.1) is 12.8 Å². The van der Waals surface area contributed by atoms with Gasteiger partial charge in [0, 0.05) is 41.8 Å². The fourth-order valence-corrected chi connectivity index (χ4v) is 3.43. The lowest BCUT2D eigenvalue weighted by atomic mass is 10.1. The molecule has 0 saturated heterocycles. The van der Waals surface area contributed by atoms with Crippen LogP contribution in [-0.4, -0.2) is 23.4 Å². The number of aromatic nitrogens is 1. The van der Waals surface area contributed by atoms with Gasteiger partial charge in [0.15, 0.2) is 6.19 Å². The summed E-state index contributed by atoms with van der Waals surface area (Å²) in [7, 11) is 0. The van der Waals surface area contributed by atoms with E-state index in [-0.39, 0.29) is 5.91 Å². The number of aliphatic imine (C=N–C) groups is 1. The second-order valence-electron chi connectivity index (χ2n) is 7.53. The molecule has 0 unspecified atom stereocenters. The monoisotopic (exact) mass is 478 g/mol. The Bertz CT molecular complexity index is 1080. The van der Waals surface area contributed by atoms with Gasteiger partial charge in [-0.25, -0.2) is 0 Å². The van der Waals surface area contributed by atoms with Crippen molar-refractivity contribution in [2.24, 2.45) is 4.99 Å². The van der Waals surface area contributed by atoms with Crippen molar-refractivity contribution in [3.8, 4) is 6.19 Å². The van der Waals surface area contributed by atoms with Gasteiger partial charge in [-0.1, -0.05) is 24.4 Å². The largest absolute Gasteiger partial charge is 0.467 e. The Labute approximate surface area is 204 Å². The van der Waals surface area contributed by atoms with Crippen LogP contribution >= 0.6 is 11.6 Å². The molecule has 3 aromatic rings. The molecule has 0 saturated carbocycles. The lowest BCUT2D eigenvalue weighted by molar-refractivity contribution is -0.118. The molecule has 9 heteroatoms. The molecule has 0 bridgehead atoms. The minimum absolute atomic E-state index is 0.0406. The van der Waals surface area contributed by atoms with E-state index in [9.17, 15) is 4.79 Å². The van der Waals surface area contributed by atoms with Crippen LogP contribution in [0.2, 0.25) is 5.02 Å². The topological polar surface area (TPSA) is 107 Å². The van der Waals surface area contributed by atoms with Crippen molar-refractivity contribution in [1.82, 2.24) is 10.3 Å². The maximum Gasteiger partial charge on any atom is 0.227 e. The summed E-state index contributed by atoms with van der Waals surface area (Å²) in [6.07, 6.45) is 10.7. The SMILES string of the molecule is N#CNC(=NCCCCCCC(=O)N(Cc1ccco1)c1ccc(Cl)cc1)Nc1ccncc1. The Morgan fingerprint density at radius 1 is 1.09 bits per heavy atom. The highest BCUT2D eigenvalue weighted by Crippen LogP contribution is 2.22. The predicted octanol–water partition coefficient (Wildman–Crippen LogP) is 5.35. The van der Waals surface area contributed by atoms with Crippen molar-refractivity contribution in [3.05, 3.63) is 78.0 Å². The number of guanidine groups is 1. The van der Waals surface area contributed by atoms with Gasteiger partial charge in [-0.05, 0) is 61.4 Å². The van der Waals surface area contributed by atoms with Gasteiger partial charge in [-0.15, -0.1) is 0 Å². The molecule has 1 amide bonds. The van der Waals surface area contributed by atoms with Gasteiger partial charge in [0.1, 0.15) is 5.76 Å². The molecule has 2 N–H and O–H groups in total. The van der Waals surface area contributed by atoms with Crippen molar-refractivity contribution >= 4 is 34.8 Å². The van der Waals surface area contributed by atoms with Crippen LogP contribution in [-0.2, 0) is 11.3 Å². The van der Waals surface area contributed by atoms with Crippen LogP contribution < -0.4 is 15.5 Å². The number of hydrogen-bond donors (Lipinski definition) is 2. The zero-order valence-corrected chi connectivity index (χ0v) is 19.5. The molecule has 3 rings (SSSR count). The highest BCUT2D eigenvalue weighted by Gasteiger charge is 2.17. The van der Waals surface area contributed by atoms with Gasteiger partial charge in [0.25, 0.3) is 0 Å². The number of hydrogen-bond acceptors (Lipinski definition) is 5. The third-order valence-electron chi connectivity index (χ3n) is 5.02. The van der Waals surface area contributed by atoms with E-state index in [0.717, 1.165) is 42.8 Å². The Morgan fingerprint density at radius 3 is 2.56 bits per heavy atom. The number of unbranched alkanes of at least 4 members (excludes halogenated alkanes) is 3. The summed E-state index contributed by atoms with van der Waals surface area (Å²) in [5.41, 5.74) is 1.59. The van der Waals surface area contributed by atoms with E-state index in [0.29, 0.717) is 30.5 Å². The van der Waals surface area contributed by atoms with Crippen LogP contribution in [0.25, 0.3) is 0 Å². The van der Waals surface area contributed by atoms with Crippen LogP contribution in [0.3, 0.4) is 0 Å².